The molecule has 0 saturated carbocycles. The van der Waals surface area contributed by atoms with E-state index in [1.54, 1.807) is 12.1 Å². The van der Waals surface area contributed by atoms with Crippen LogP contribution >= 0.6 is 12.4 Å². The van der Waals surface area contributed by atoms with Crippen LogP contribution in [-0.2, 0) is 6.54 Å². The molecule has 7 heteroatoms. The molecule has 1 aliphatic heterocycles. The lowest BCUT2D eigenvalue weighted by molar-refractivity contribution is -0.0509. The normalized spacial score (nSPS) is 19.2. The molecule has 21 heavy (non-hydrogen) atoms. The van der Waals surface area contributed by atoms with Crippen LogP contribution in [0.3, 0.4) is 0 Å². The van der Waals surface area contributed by atoms with Crippen LogP contribution in [0.15, 0.2) is 18.2 Å². The fourth-order valence-corrected chi connectivity index (χ4v) is 2.39. The number of hydrogen-bond donors (Lipinski definition) is 1. The highest BCUT2D eigenvalue weighted by molar-refractivity contribution is 5.85. The van der Waals surface area contributed by atoms with Crippen LogP contribution in [0.5, 0.6) is 11.5 Å². The summed E-state index contributed by atoms with van der Waals surface area (Å²) in [5, 5.41) is 3.35. The maximum atomic E-state index is 12.5. The number of ether oxygens (including phenoxy) is 2. The zero-order valence-electron chi connectivity index (χ0n) is 12.1. The molecule has 0 spiro atoms. The Morgan fingerprint density at radius 2 is 2.19 bits per heavy atom. The van der Waals surface area contributed by atoms with Crippen molar-refractivity contribution in [2.24, 2.45) is 0 Å². The average Bonchev–Trinajstić information content (AvgIpc) is 2.40. The number of hydrogen-bond acceptors (Lipinski definition) is 4. The maximum Gasteiger partial charge on any atom is 0.387 e. The van der Waals surface area contributed by atoms with Crippen molar-refractivity contribution < 1.29 is 18.3 Å². The summed E-state index contributed by atoms with van der Waals surface area (Å²) < 4.78 is 34.6. The Labute approximate surface area is 129 Å². The van der Waals surface area contributed by atoms with Crippen molar-refractivity contribution in [2.45, 2.75) is 26.1 Å². The van der Waals surface area contributed by atoms with E-state index in [1.807, 2.05) is 0 Å². The molecule has 0 radical (unpaired) electrons. The van der Waals surface area contributed by atoms with Gasteiger partial charge in [-0.2, -0.15) is 8.78 Å². The molecule has 0 bridgehead atoms. The van der Waals surface area contributed by atoms with Crippen LogP contribution in [0.1, 0.15) is 12.5 Å². The van der Waals surface area contributed by atoms with E-state index in [1.165, 1.54) is 13.2 Å². The Morgan fingerprint density at radius 1 is 1.43 bits per heavy atom. The molecule has 0 amide bonds. The van der Waals surface area contributed by atoms with E-state index in [0.717, 1.165) is 25.2 Å². The summed E-state index contributed by atoms with van der Waals surface area (Å²) in [4.78, 5) is 2.22. The number of halogens is 3. The molecule has 1 fully saturated rings. The first-order chi connectivity index (χ1) is 9.58. The second kappa shape index (κ2) is 8.36. The average molecular weight is 323 g/mol. The van der Waals surface area contributed by atoms with Crippen LogP contribution in [0, 0.1) is 0 Å². The third-order valence-electron chi connectivity index (χ3n) is 3.34. The number of piperazine rings is 1. The predicted molar refractivity (Wildman–Crippen MR) is 79.6 cm³/mol. The number of nitrogens with one attached hydrogen (secondary N) is 1. The predicted octanol–water partition coefficient (Wildman–Crippen LogP) is 2.51. The van der Waals surface area contributed by atoms with Gasteiger partial charge in [-0.1, -0.05) is 6.07 Å². The molecule has 120 valence electrons. The van der Waals surface area contributed by atoms with Crippen molar-refractivity contribution >= 4 is 12.4 Å². The quantitative estimate of drug-likeness (QED) is 0.903. The molecule has 2 rings (SSSR count). The number of benzene rings is 1. The van der Waals surface area contributed by atoms with E-state index in [4.69, 9.17) is 4.74 Å². The van der Waals surface area contributed by atoms with Crippen molar-refractivity contribution in [1.29, 1.82) is 0 Å². The first-order valence-electron chi connectivity index (χ1n) is 6.66. The van der Waals surface area contributed by atoms with Gasteiger partial charge in [0.25, 0.3) is 0 Å². The van der Waals surface area contributed by atoms with Gasteiger partial charge in [0.05, 0.1) is 7.11 Å². The Morgan fingerprint density at radius 3 is 2.81 bits per heavy atom. The molecule has 1 saturated heterocycles. The lowest BCUT2D eigenvalue weighted by Crippen LogP contribution is -2.48. The summed E-state index contributed by atoms with van der Waals surface area (Å²) in [7, 11) is 1.50. The molecule has 1 aromatic carbocycles. The van der Waals surface area contributed by atoms with Gasteiger partial charge in [-0.25, -0.2) is 0 Å². The minimum Gasteiger partial charge on any atom is -0.497 e. The van der Waals surface area contributed by atoms with E-state index in [9.17, 15) is 8.78 Å². The van der Waals surface area contributed by atoms with Gasteiger partial charge in [-0.05, 0) is 13.0 Å². The third-order valence-corrected chi connectivity index (χ3v) is 3.34. The standard InChI is InChI=1S/C14H20F2N2O2.ClH/c1-10-8-18(6-5-17-10)9-11-3-4-12(19-2)7-13(11)20-14(15)16;/h3-4,7,10,14,17H,5-6,8-9H2,1-2H3;1H/t10-;/m1./s1. The first-order valence-corrected chi connectivity index (χ1v) is 6.66. The Balaban J connectivity index is 0.00000220. The van der Waals surface area contributed by atoms with Crippen LogP contribution in [0.2, 0.25) is 0 Å². The van der Waals surface area contributed by atoms with E-state index >= 15 is 0 Å². The third kappa shape index (κ3) is 5.30. The van der Waals surface area contributed by atoms with Gasteiger partial charge in [0.1, 0.15) is 11.5 Å². The molecule has 1 aliphatic rings. The second-order valence-corrected chi connectivity index (χ2v) is 4.94. The van der Waals surface area contributed by atoms with Crippen LogP contribution < -0.4 is 14.8 Å². The minimum atomic E-state index is -2.83. The fraction of sp³-hybridized carbons (Fsp3) is 0.571. The van der Waals surface area contributed by atoms with Crippen molar-refractivity contribution in [1.82, 2.24) is 10.2 Å². The van der Waals surface area contributed by atoms with Crippen molar-refractivity contribution in [3.8, 4) is 11.5 Å². The second-order valence-electron chi connectivity index (χ2n) is 4.94. The van der Waals surface area contributed by atoms with Crippen molar-refractivity contribution in [3.05, 3.63) is 23.8 Å². The van der Waals surface area contributed by atoms with Crippen molar-refractivity contribution in [3.63, 3.8) is 0 Å². The van der Waals surface area contributed by atoms with Gasteiger partial charge in [0, 0.05) is 43.9 Å². The molecule has 0 aromatic heterocycles. The topological polar surface area (TPSA) is 33.7 Å². The summed E-state index contributed by atoms with van der Waals surface area (Å²) >= 11 is 0. The summed E-state index contributed by atoms with van der Waals surface area (Å²) in [5.74, 6) is 0.698. The zero-order chi connectivity index (χ0) is 14.5. The van der Waals surface area contributed by atoms with E-state index < -0.39 is 6.61 Å². The SMILES string of the molecule is COc1ccc(CN2CCN[C@H](C)C2)c(OC(F)F)c1.Cl. The highest BCUT2D eigenvalue weighted by Gasteiger charge is 2.18. The number of nitrogens with zero attached hydrogens (tertiary/aromatic N) is 1. The van der Waals surface area contributed by atoms with Gasteiger partial charge < -0.3 is 14.8 Å². The monoisotopic (exact) mass is 322 g/mol. The molecule has 4 nitrogen and oxygen atoms in total. The number of alkyl halides is 2. The molecular formula is C14H21ClF2N2O2. The van der Waals surface area contributed by atoms with Crippen LogP contribution in [0.25, 0.3) is 0 Å². The van der Waals surface area contributed by atoms with Gasteiger partial charge >= 0.3 is 6.61 Å². The summed E-state index contributed by atoms with van der Waals surface area (Å²) in [5.41, 5.74) is 0.750. The fourth-order valence-electron chi connectivity index (χ4n) is 2.39. The molecular weight excluding hydrogens is 302 g/mol. The first kappa shape index (κ1) is 17.9. The smallest absolute Gasteiger partial charge is 0.387 e. The zero-order valence-corrected chi connectivity index (χ0v) is 13.0. The summed E-state index contributed by atoms with van der Waals surface area (Å²) in [6.45, 7) is 2.56. The van der Waals surface area contributed by atoms with Crippen molar-refractivity contribution in [2.75, 3.05) is 26.7 Å². The van der Waals surface area contributed by atoms with Gasteiger partial charge in [0.2, 0.25) is 0 Å². The van der Waals surface area contributed by atoms with Crippen LogP contribution in [0.4, 0.5) is 8.78 Å². The van der Waals surface area contributed by atoms with Crippen LogP contribution in [-0.4, -0.2) is 44.3 Å². The Kier molecular flexibility index (Phi) is 7.14. The number of rotatable bonds is 5. The van der Waals surface area contributed by atoms with E-state index in [0.29, 0.717) is 18.3 Å². The van der Waals surface area contributed by atoms with E-state index in [-0.39, 0.29) is 18.2 Å². The summed E-state index contributed by atoms with van der Waals surface area (Å²) in [6, 6.07) is 5.46. The maximum absolute atomic E-state index is 12.5. The Bertz CT molecular complexity index is 449. The lowest BCUT2D eigenvalue weighted by atomic mass is 10.1. The lowest BCUT2D eigenvalue weighted by Gasteiger charge is -2.32. The summed E-state index contributed by atoms with van der Waals surface area (Å²) in [6.07, 6.45) is 0. The Hall–Kier alpha value is -1.11. The minimum absolute atomic E-state index is 0. The van der Waals surface area contributed by atoms with Gasteiger partial charge in [0.15, 0.2) is 0 Å². The highest BCUT2D eigenvalue weighted by Crippen LogP contribution is 2.27. The molecule has 1 aromatic rings. The molecule has 1 N–H and O–H groups in total. The largest absolute Gasteiger partial charge is 0.497 e. The molecule has 1 heterocycles. The molecule has 0 aliphatic carbocycles. The molecule has 0 unspecified atom stereocenters. The number of methoxy groups -OCH3 is 1. The molecule has 1 atom stereocenters. The van der Waals surface area contributed by atoms with Gasteiger partial charge in [-0.3, -0.25) is 4.90 Å². The van der Waals surface area contributed by atoms with E-state index in [2.05, 4.69) is 21.9 Å². The highest BCUT2D eigenvalue weighted by atomic mass is 35.5. The van der Waals surface area contributed by atoms with Gasteiger partial charge in [-0.15, -0.1) is 12.4 Å².